The molecule has 0 aliphatic carbocycles. The third-order valence-corrected chi connectivity index (χ3v) is 5.31. The number of hydrogen-bond acceptors (Lipinski definition) is 4. The van der Waals surface area contributed by atoms with E-state index in [0.29, 0.717) is 5.56 Å². The second kappa shape index (κ2) is 11.3. The number of carbonyl (C=O) groups is 4. The Morgan fingerprint density at radius 1 is 1.20 bits per heavy atom. The maximum Gasteiger partial charge on any atom is 0.290 e. The van der Waals surface area contributed by atoms with Crippen molar-refractivity contribution in [2.24, 2.45) is 0 Å². The molecule has 2 aliphatic rings. The molecule has 8 nitrogen and oxygen atoms in total. The molecule has 2 aliphatic heterocycles. The minimum absolute atomic E-state index is 0.0560. The van der Waals surface area contributed by atoms with E-state index in [1.165, 1.54) is 21.9 Å². The van der Waals surface area contributed by atoms with E-state index in [0.717, 1.165) is 38.8 Å². The molecule has 2 saturated heterocycles. The van der Waals surface area contributed by atoms with Gasteiger partial charge < -0.3 is 19.8 Å². The third kappa shape index (κ3) is 6.27. The van der Waals surface area contributed by atoms with Gasteiger partial charge in [0.05, 0.1) is 0 Å². The molecule has 1 aromatic rings. The molecule has 164 valence electrons. The van der Waals surface area contributed by atoms with Crippen LogP contribution in [0.1, 0.15) is 38.2 Å². The molecule has 30 heavy (non-hydrogen) atoms. The van der Waals surface area contributed by atoms with Crippen molar-refractivity contribution in [3.8, 4) is 0 Å². The van der Waals surface area contributed by atoms with Crippen molar-refractivity contribution in [1.29, 1.82) is 0 Å². The Balaban J connectivity index is 0.00000101. The quantitative estimate of drug-likeness (QED) is 0.743. The Hall–Kier alpha value is -2.97. The van der Waals surface area contributed by atoms with Crippen LogP contribution in [0.25, 0.3) is 0 Å². The lowest BCUT2D eigenvalue weighted by atomic mass is 10.1. The number of nitrogens with zero attached hydrogens (tertiary/aromatic N) is 3. The number of rotatable bonds is 4. The zero-order valence-electron chi connectivity index (χ0n) is 17.1. The molecule has 9 heteroatoms. The normalized spacial score (nSPS) is 19.7. The van der Waals surface area contributed by atoms with Crippen LogP contribution in [-0.2, 0) is 25.7 Å². The Morgan fingerprint density at radius 3 is 2.43 bits per heavy atom. The first-order valence-corrected chi connectivity index (χ1v) is 10.1. The van der Waals surface area contributed by atoms with Crippen molar-refractivity contribution in [2.75, 3.05) is 26.2 Å². The summed E-state index contributed by atoms with van der Waals surface area (Å²) in [5, 5.41) is 6.89. The van der Waals surface area contributed by atoms with Crippen LogP contribution in [0.5, 0.6) is 0 Å². The number of amides is 3. The van der Waals surface area contributed by atoms with Gasteiger partial charge in [0.25, 0.3) is 6.47 Å². The van der Waals surface area contributed by atoms with E-state index in [2.05, 4.69) is 0 Å². The zero-order chi connectivity index (χ0) is 22.1. The van der Waals surface area contributed by atoms with Crippen LogP contribution in [0.15, 0.2) is 24.3 Å². The predicted molar refractivity (Wildman–Crippen MR) is 107 cm³/mol. The highest BCUT2D eigenvalue weighted by molar-refractivity contribution is 5.96. The fraction of sp³-hybridized carbons (Fsp3) is 0.524. The second-order valence-electron chi connectivity index (χ2n) is 7.42. The maximum atomic E-state index is 13.4. The van der Waals surface area contributed by atoms with Crippen molar-refractivity contribution >= 4 is 24.2 Å². The van der Waals surface area contributed by atoms with Gasteiger partial charge in [-0.2, -0.15) is 0 Å². The smallest absolute Gasteiger partial charge is 0.290 e. The average molecular weight is 421 g/mol. The second-order valence-corrected chi connectivity index (χ2v) is 7.42. The minimum Gasteiger partial charge on any atom is -0.483 e. The number of likely N-dealkylation sites (tertiary alicyclic amines) is 1. The number of carboxylic acid groups (broad SMARTS) is 1. The van der Waals surface area contributed by atoms with Crippen molar-refractivity contribution in [3.05, 3.63) is 35.6 Å². The van der Waals surface area contributed by atoms with Crippen molar-refractivity contribution < 1.29 is 28.7 Å². The minimum atomic E-state index is -0.698. The number of benzene rings is 1. The first-order valence-electron chi connectivity index (χ1n) is 10.1. The van der Waals surface area contributed by atoms with Crippen molar-refractivity contribution in [3.63, 3.8) is 0 Å². The number of piperazine rings is 1. The standard InChI is InChI=1S/C20H26FN3O3.CH2O2/c1-15-20(27)23(12-16-7-6-8-17(21)11-16)13-19(26)24(15)14-18(25)22-9-4-2-3-5-10-22;2-1-3/h6-8,11,15H,2-5,9-10,12-14H2,1H3;1H,(H,2,3)/t15-;/m0./s1. The van der Waals surface area contributed by atoms with Crippen LogP contribution in [0.2, 0.25) is 0 Å². The van der Waals surface area contributed by atoms with Gasteiger partial charge >= 0.3 is 0 Å². The summed E-state index contributed by atoms with van der Waals surface area (Å²) in [6.07, 6.45) is 4.21. The summed E-state index contributed by atoms with van der Waals surface area (Å²) in [5.74, 6) is -0.936. The number of carbonyl (C=O) groups excluding carboxylic acids is 3. The lowest BCUT2D eigenvalue weighted by molar-refractivity contribution is -0.158. The molecule has 2 heterocycles. The first kappa shape index (κ1) is 23.3. The molecular formula is C21H28FN3O5. The molecule has 1 N–H and O–H groups in total. The third-order valence-electron chi connectivity index (χ3n) is 5.31. The Bertz CT molecular complexity index is 765. The van der Waals surface area contributed by atoms with Crippen LogP contribution >= 0.6 is 0 Å². The molecule has 0 aromatic heterocycles. The lowest BCUT2D eigenvalue weighted by Crippen LogP contribution is -2.60. The summed E-state index contributed by atoms with van der Waals surface area (Å²) in [6.45, 7) is 2.87. The molecule has 0 saturated carbocycles. The fourth-order valence-corrected chi connectivity index (χ4v) is 3.73. The van der Waals surface area contributed by atoms with Gasteiger partial charge in [-0.15, -0.1) is 0 Å². The fourth-order valence-electron chi connectivity index (χ4n) is 3.73. The number of halogens is 1. The van der Waals surface area contributed by atoms with Gasteiger partial charge in [-0.1, -0.05) is 25.0 Å². The first-order chi connectivity index (χ1) is 14.4. The topological polar surface area (TPSA) is 98.2 Å². The summed E-state index contributed by atoms with van der Waals surface area (Å²) in [4.78, 5) is 50.8. The highest BCUT2D eigenvalue weighted by atomic mass is 19.1. The maximum absolute atomic E-state index is 13.4. The van der Waals surface area contributed by atoms with Crippen LogP contribution in [0, 0.1) is 5.82 Å². The van der Waals surface area contributed by atoms with Gasteiger partial charge in [0.1, 0.15) is 24.9 Å². The molecule has 2 fully saturated rings. The van der Waals surface area contributed by atoms with Gasteiger partial charge in [0.2, 0.25) is 17.7 Å². The van der Waals surface area contributed by atoms with Gasteiger partial charge in [0, 0.05) is 19.6 Å². The van der Waals surface area contributed by atoms with Gasteiger partial charge in [-0.3, -0.25) is 19.2 Å². The predicted octanol–water partition coefficient (Wildman–Crippen LogP) is 1.49. The summed E-state index contributed by atoms with van der Waals surface area (Å²) >= 11 is 0. The average Bonchev–Trinajstić information content (AvgIpc) is 2.99. The molecule has 1 atom stereocenters. The highest BCUT2D eigenvalue weighted by Gasteiger charge is 2.38. The van der Waals surface area contributed by atoms with Crippen LogP contribution in [0.4, 0.5) is 4.39 Å². The van der Waals surface area contributed by atoms with Crippen LogP contribution in [0.3, 0.4) is 0 Å². The van der Waals surface area contributed by atoms with Crippen LogP contribution < -0.4 is 0 Å². The molecule has 1 aromatic carbocycles. The van der Waals surface area contributed by atoms with E-state index in [1.54, 1.807) is 24.0 Å². The van der Waals surface area contributed by atoms with Gasteiger partial charge in [0.15, 0.2) is 0 Å². The van der Waals surface area contributed by atoms with Gasteiger partial charge in [-0.25, -0.2) is 4.39 Å². The molecule has 3 rings (SSSR count). The number of hydrogen-bond donors (Lipinski definition) is 1. The molecule has 0 unspecified atom stereocenters. The summed E-state index contributed by atoms with van der Waals surface area (Å²) in [7, 11) is 0. The molecule has 0 spiro atoms. The Labute approximate surface area is 175 Å². The monoisotopic (exact) mass is 421 g/mol. The summed E-state index contributed by atoms with van der Waals surface area (Å²) < 4.78 is 13.4. The van der Waals surface area contributed by atoms with E-state index in [9.17, 15) is 18.8 Å². The summed E-state index contributed by atoms with van der Waals surface area (Å²) in [5.41, 5.74) is 0.637. The van der Waals surface area contributed by atoms with E-state index in [4.69, 9.17) is 9.90 Å². The van der Waals surface area contributed by atoms with Gasteiger partial charge in [-0.05, 0) is 37.5 Å². The molecule has 3 amide bonds. The zero-order valence-corrected chi connectivity index (χ0v) is 17.1. The van der Waals surface area contributed by atoms with E-state index in [-0.39, 0.29) is 49.6 Å². The molecule has 0 bridgehead atoms. The van der Waals surface area contributed by atoms with E-state index in [1.807, 2.05) is 0 Å². The SMILES string of the molecule is C[C@H]1C(=O)N(Cc2cccc(F)c2)CC(=O)N1CC(=O)N1CCCCCC1.O=CO. The Kier molecular flexibility index (Phi) is 8.76. The lowest BCUT2D eigenvalue weighted by Gasteiger charge is -2.39. The Morgan fingerprint density at radius 2 is 1.83 bits per heavy atom. The molecular weight excluding hydrogens is 393 g/mol. The largest absolute Gasteiger partial charge is 0.483 e. The summed E-state index contributed by atoms with van der Waals surface area (Å²) in [6, 6.07) is 5.30. The van der Waals surface area contributed by atoms with E-state index < -0.39 is 6.04 Å². The van der Waals surface area contributed by atoms with Crippen molar-refractivity contribution in [1.82, 2.24) is 14.7 Å². The van der Waals surface area contributed by atoms with Crippen LogP contribution in [-0.4, -0.2) is 76.2 Å². The van der Waals surface area contributed by atoms with E-state index >= 15 is 0 Å². The highest BCUT2D eigenvalue weighted by Crippen LogP contribution is 2.17. The molecule has 0 radical (unpaired) electrons. The van der Waals surface area contributed by atoms with Crippen molar-refractivity contribution in [2.45, 2.75) is 45.2 Å².